The molecule has 9 aromatic rings. The zero-order valence-electron chi connectivity index (χ0n) is 70.3. The van der Waals surface area contributed by atoms with E-state index >= 15 is 0 Å². The maximum Gasteiger partial charge on any atom is 0.268 e. The molecule has 15 rings (SSSR count). The molecule has 630 valence electrons. The van der Waals surface area contributed by atoms with E-state index in [1.54, 1.807) is 122 Å². The van der Waals surface area contributed by atoms with Gasteiger partial charge >= 0.3 is 0 Å². The van der Waals surface area contributed by atoms with E-state index in [4.69, 9.17) is 29.2 Å². The summed E-state index contributed by atoms with van der Waals surface area (Å²) in [4.78, 5) is 61.6. The fourth-order valence-corrected chi connectivity index (χ4v) is 19.5. The van der Waals surface area contributed by atoms with Gasteiger partial charge in [-0.3, -0.25) is 28.4 Å². The Morgan fingerprint density at radius 2 is 0.650 bits per heavy atom. The van der Waals surface area contributed by atoms with Gasteiger partial charge in [0.2, 0.25) is 17.6 Å². The molecule has 3 saturated heterocycles. The van der Waals surface area contributed by atoms with Crippen molar-refractivity contribution < 1.29 is 53.8 Å². The van der Waals surface area contributed by atoms with Crippen LogP contribution in [-0.4, -0.2) is 173 Å². The third-order valence-electron chi connectivity index (χ3n) is 21.6. The monoisotopic (exact) mass is 1670 g/mol. The summed E-state index contributed by atoms with van der Waals surface area (Å²) in [6.45, 7) is 42.0. The number of nitrogens with one attached hydrogen (secondary N) is 3. The molecule has 15 heterocycles. The molecule has 9 aromatic heterocycles. The second-order valence-corrected chi connectivity index (χ2v) is 42.2. The predicted molar refractivity (Wildman–Crippen MR) is 440 cm³/mol. The van der Waals surface area contributed by atoms with E-state index < -0.39 is 47.8 Å². The Balaban J connectivity index is 0.000000152. The van der Waals surface area contributed by atoms with E-state index in [1.165, 1.54) is 18.6 Å². The van der Waals surface area contributed by atoms with Crippen LogP contribution < -0.4 is 43.1 Å². The molecule has 12 bridgehead atoms. The number of carbonyl (C=O) groups excluding carboxylic acids is 3. The highest BCUT2D eigenvalue weighted by molar-refractivity contribution is 7.90. The molecule has 3 N–H and O–H groups in total. The Morgan fingerprint density at radius 1 is 0.393 bits per heavy atom. The third-order valence-corrected chi connectivity index (χ3v) is 25.9. The van der Waals surface area contributed by atoms with Gasteiger partial charge < -0.3 is 28.9 Å². The second kappa shape index (κ2) is 31.9. The van der Waals surface area contributed by atoms with Gasteiger partial charge in [0.15, 0.2) is 17.5 Å². The van der Waals surface area contributed by atoms with Gasteiger partial charge in [0, 0.05) is 111 Å². The van der Waals surface area contributed by atoms with Gasteiger partial charge in [0.05, 0.1) is 53.6 Å². The van der Waals surface area contributed by atoms with Crippen molar-refractivity contribution in [2.75, 3.05) is 54.2 Å². The van der Waals surface area contributed by atoms with Gasteiger partial charge in [0.25, 0.3) is 47.8 Å². The molecule has 117 heavy (non-hydrogen) atoms. The molecule has 3 amide bonds. The Kier molecular flexibility index (Phi) is 23.1. The van der Waals surface area contributed by atoms with Gasteiger partial charge in [0.1, 0.15) is 32.1 Å². The van der Waals surface area contributed by atoms with Crippen LogP contribution in [0.1, 0.15) is 210 Å². The molecule has 33 nitrogen and oxygen atoms in total. The van der Waals surface area contributed by atoms with Crippen molar-refractivity contribution in [3.05, 3.63) is 126 Å². The normalized spacial score (nSPS) is 20.7. The highest BCUT2D eigenvalue weighted by Crippen LogP contribution is 2.44. The van der Waals surface area contributed by atoms with E-state index in [0.717, 1.165) is 57.8 Å². The maximum absolute atomic E-state index is 13.5. The van der Waals surface area contributed by atoms with Gasteiger partial charge in [-0.1, -0.05) is 62.3 Å². The van der Waals surface area contributed by atoms with Crippen LogP contribution in [0.25, 0.3) is 17.5 Å². The quantitative estimate of drug-likeness (QED) is 0.121. The summed E-state index contributed by atoms with van der Waals surface area (Å²) >= 11 is 0. The number of carbonyl (C=O) groups is 3. The topological polar surface area (TPSA) is 373 Å². The average molecular weight is 1670 g/mol. The minimum atomic E-state index is -4.13. The lowest BCUT2D eigenvalue weighted by Gasteiger charge is -2.34. The highest BCUT2D eigenvalue weighted by atomic mass is 32.2. The Morgan fingerprint density at radius 3 is 0.897 bits per heavy atom. The highest BCUT2D eigenvalue weighted by Gasteiger charge is 2.45. The lowest BCUT2D eigenvalue weighted by molar-refractivity contribution is 0.0972. The van der Waals surface area contributed by atoms with Gasteiger partial charge in [-0.2, -0.15) is 15.3 Å². The molecular formula is C81H111N21O12S3. The van der Waals surface area contributed by atoms with Crippen molar-refractivity contribution >= 4 is 65.2 Å². The van der Waals surface area contributed by atoms with Crippen LogP contribution in [0.3, 0.4) is 0 Å². The van der Waals surface area contributed by atoms with Crippen LogP contribution in [0.15, 0.2) is 106 Å². The van der Waals surface area contributed by atoms with Crippen LogP contribution in [0.2, 0.25) is 0 Å². The number of hydrogen-bond donors (Lipinski definition) is 3. The first-order valence-electron chi connectivity index (χ1n) is 39.9. The molecule has 0 saturated carbocycles. The van der Waals surface area contributed by atoms with Crippen molar-refractivity contribution in [2.24, 2.45) is 34.0 Å². The van der Waals surface area contributed by atoms with Crippen molar-refractivity contribution in [1.82, 2.24) is 87.8 Å². The first kappa shape index (κ1) is 84.7. The summed E-state index contributed by atoms with van der Waals surface area (Å²) in [5.74, 6) is 3.25. The minimum Gasteiger partial charge on any atom is -0.476 e. The van der Waals surface area contributed by atoms with Crippen LogP contribution in [-0.2, 0) is 49.7 Å². The number of aromatic nitrogens is 15. The molecular weight excluding hydrogens is 1560 g/mol. The fraction of sp³-hybridized carbons (Fsp3) is 0.556. The summed E-state index contributed by atoms with van der Waals surface area (Å²) in [6.07, 6.45) is 18.0. The minimum absolute atomic E-state index is 0.00183. The summed E-state index contributed by atoms with van der Waals surface area (Å²) in [7, 11) is -12.4. The van der Waals surface area contributed by atoms with Gasteiger partial charge in [-0.15, -0.1) is 15.3 Å². The van der Waals surface area contributed by atoms with E-state index in [1.807, 2.05) is 0 Å². The number of fused-ring (bicyclic) bond motifs is 18. The number of sulfonamides is 3. The van der Waals surface area contributed by atoms with Gasteiger partial charge in [-0.05, 0) is 190 Å². The summed E-state index contributed by atoms with van der Waals surface area (Å²) in [5.41, 5.74) is 0.730. The number of anilines is 3. The second-order valence-electron chi connectivity index (χ2n) is 37.2. The molecule has 3 fully saturated rings. The summed E-state index contributed by atoms with van der Waals surface area (Å²) in [6, 6.07) is 15.2. The zero-order chi connectivity index (χ0) is 84.5. The SMILES string of the molecule is Cc1nn2cc1S(=O)(=O)NC(=O)c1ccc(-n3ccc(OCC(C)(C)C)n3)nc1N1CC(CCC2)CC1(C)C.Cc1nn2cc1S(=O)(=O)NC(=O)c1ccc(-n3ccc(OCC(C)(C)C)n3)nc1N1CC(CCC2)CC1(C)C.Cc1nn2cc1S(=O)(=O)NC(=O)c1ccc(-n3ccc(OCC(C)(C)C)n3)nc1N1CC(CCC2)CC1(C)C. The fourth-order valence-electron chi connectivity index (χ4n) is 16.1. The standard InChI is InChI=1S/3C27H37N7O4S/c3*1-18-21-16-32(29-18)12-7-8-19-14-27(5,6)33(15-19)24-20(25(35)31-39(21,36)37)9-10-22(28-24)34-13-11-23(30-34)38-17-26(2,3)4/h3*9-11,13,16,19H,7-8,12,14-15,17H2,1-6H3,(H,31,35). The number of nitrogens with zero attached hydrogens (tertiary/aromatic N) is 18. The number of aryl methyl sites for hydroxylation is 6. The Labute approximate surface area is 685 Å². The molecule has 0 aromatic carbocycles. The van der Waals surface area contributed by atoms with E-state index in [2.05, 4.69) is 163 Å². The van der Waals surface area contributed by atoms with Crippen molar-refractivity contribution in [3.63, 3.8) is 0 Å². The zero-order valence-corrected chi connectivity index (χ0v) is 72.7. The Bertz CT molecular complexity index is 5040. The van der Waals surface area contributed by atoms with Crippen LogP contribution in [0.5, 0.6) is 17.6 Å². The van der Waals surface area contributed by atoms with E-state index in [9.17, 15) is 39.6 Å². The summed E-state index contributed by atoms with van der Waals surface area (Å²) in [5, 5.41) is 26.7. The smallest absolute Gasteiger partial charge is 0.268 e. The van der Waals surface area contributed by atoms with Crippen LogP contribution in [0.4, 0.5) is 17.5 Å². The largest absolute Gasteiger partial charge is 0.476 e. The third kappa shape index (κ3) is 19.5. The molecule has 36 heteroatoms. The number of hydrogen-bond acceptors (Lipinski definition) is 24. The van der Waals surface area contributed by atoms with Crippen molar-refractivity contribution in [3.8, 4) is 35.1 Å². The predicted octanol–water partition coefficient (Wildman–Crippen LogP) is 11.1. The van der Waals surface area contributed by atoms with Crippen LogP contribution >= 0.6 is 0 Å². The molecule has 3 unspecified atom stereocenters. The Hall–Kier alpha value is -10.2. The van der Waals surface area contributed by atoms with Crippen molar-refractivity contribution in [2.45, 2.75) is 233 Å². The first-order valence-corrected chi connectivity index (χ1v) is 44.4. The molecule has 0 aliphatic carbocycles. The average Bonchev–Trinajstić information content (AvgIpc) is 1.66. The lowest BCUT2D eigenvalue weighted by Crippen LogP contribution is -2.41. The number of rotatable bonds is 9. The van der Waals surface area contributed by atoms with Gasteiger partial charge in [-0.25, -0.2) is 68.4 Å². The maximum atomic E-state index is 13.5. The summed E-state index contributed by atoms with van der Waals surface area (Å²) < 4.78 is 113. The molecule has 6 aliphatic heterocycles. The van der Waals surface area contributed by atoms with E-state index in [-0.39, 0.29) is 64.2 Å². The molecule has 0 spiro atoms. The van der Waals surface area contributed by atoms with Crippen molar-refractivity contribution in [1.29, 1.82) is 0 Å². The van der Waals surface area contributed by atoms with Crippen LogP contribution in [0, 0.1) is 54.8 Å². The molecule has 0 radical (unpaired) electrons. The van der Waals surface area contributed by atoms with E-state index in [0.29, 0.717) is 146 Å². The number of amides is 3. The molecule has 6 aliphatic rings. The number of ether oxygens (including phenoxy) is 3. The first-order chi connectivity index (χ1) is 54.6. The number of pyridine rings is 3. The lowest BCUT2D eigenvalue weighted by atomic mass is 9.93. The molecule has 3 atom stereocenters.